The first-order valence-corrected chi connectivity index (χ1v) is 9.58. The fourth-order valence-electron chi connectivity index (χ4n) is 5.02. The highest BCUT2D eigenvalue weighted by molar-refractivity contribution is 5.74. The third-order valence-corrected chi connectivity index (χ3v) is 6.23. The van der Waals surface area contributed by atoms with Gasteiger partial charge in [-0.05, 0) is 25.0 Å². The van der Waals surface area contributed by atoms with Gasteiger partial charge in [0.2, 0.25) is 5.75 Å². The molecule has 1 unspecified atom stereocenters. The molecule has 1 saturated heterocycles. The summed E-state index contributed by atoms with van der Waals surface area (Å²) in [7, 11) is 4.75. The van der Waals surface area contributed by atoms with E-state index in [4.69, 9.17) is 19.9 Å². The molecule has 150 valence electrons. The standard InChI is InChI=1S/C20H30N2O5/c1-25-15-10-13(11-16(26-2)19(15)27-3)18-14-6-4-5-7-20(14,24)8-9-22(18)12-17(21)23/h10-11,14,18,24H,4-9,12H2,1-3H3,(H2,21,23)/p+1/t14-,18-,20-/m0/s1. The second-order valence-electron chi connectivity index (χ2n) is 7.69. The lowest BCUT2D eigenvalue weighted by Gasteiger charge is -2.50. The Hall–Kier alpha value is -1.99. The molecule has 7 nitrogen and oxygen atoms in total. The van der Waals surface area contributed by atoms with E-state index in [1.54, 1.807) is 21.3 Å². The molecule has 27 heavy (non-hydrogen) atoms. The summed E-state index contributed by atoms with van der Waals surface area (Å²) in [5.74, 6) is 1.43. The largest absolute Gasteiger partial charge is 0.493 e. The second-order valence-corrected chi connectivity index (χ2v) is 7.69. The number of hydrogen-bond donors (Lipinski definition) is 3. The molecule has 0 bridgehead atoms. The maximum atomic E-state index is 11.7. The number of methoxy groups -OCH3 is 3. The summed E-state index contributed by atoms with van der Waals surface area (Å²) in [6, 6.07) is 3.83. The minimum absolute atomic E-state index is 0.0507. The van der Waals surface area contributed by atoms with Crippen molar-refractivity contribution in [1.29, 1.82) is 0 Å². The van der Waals surface area contributed by atoms with Crippen LogP contribution in [0.3, 0.4) is 0 Å². The van der Waals surface area contributed by atoms with Crippen molar-refractivity contribution in [2.45, 2.75) is 43.7 Å². The first kappa shape index (κ1) is 19.8. The number of aliphatic hydroxyl groups is 1. The summed E-state index contributed by atoms with van der Waals surface area (Å²) in [5.41, 5.74) is 5.82. The monoisotopic (exact) mass is 379 g/mol. The molecular weight excluding hydrogens is 348 g/mol. The van der Waals surface area contributed by atoms with Gasteiger partial charge in [0.25, 0.3) is 5.91 Å². The maximum absolute atomic E-state index is 11.7. The fourth-order valence-corrected chi connectivity index (χ4v) is 5.02. The van der Waals surface area contributed by atoms with E-state index >= 15 is 0 Å². The normalized spacial score (nSPS) is 30.3. The Labute approximate surface area is 160 Å². The summed E-state index contributed by atoms with van der Waals surface area (Å²) in [6.07, 6.45) is 4.56. The van der Waals surface area contributed by atoms with E-state index in [1.165, 1.54) is 0 Å². The third kappa shape index (κ3) is 3.71. The molecule has 2 aliphatic rings. The smallest absolute Gasteiger partial charge is 0.272 e. The number of likely N-dealkylation sites (tertiary alicyclic amines) is 1. The minimum atomic E-state index is -0.690. The molecule has 1 amide bonds. The van der Waals surface area contributed by atoms with Gasteiger partial charge in [0.1, 0.15) is 6.04 Å². The second kappa shape index (κ2) is 7.94. The van der Waals surface area contributed by atoms with Crippen LogP contribution in [0.15, 0.2) is 12.1 Å². The molecule has 1 heterocycles. The number of piperidine rings is 1. The van der Waals surface area contributed by atoms with Crippen LogP contribution in [0.4, 0.5) is 0 Å². The van der Waals surface area contributed by atoms with Crippen LogP contribution in [-0.2, 0) is 4.79 Å². The SMILES string of the molecule is COc1cc([C@H]2[C@@H]3CCCC[C@]3(O)CC[NH+]2CC(N)=O)cc(OC)c1OC. The average molecular weight is 379 g/mol. The van der Waals surface area contributed by atoms with Crippen molar-refractivity contribution in [3.8, 4) is 17.2 Å². The number of nitrogens with one attached hydrogen (secondary N) is 1. The predicted molar refractivity (Wildman–Crippen MR) is 100 cm³/mol. The quantitative estimate of drug-likeness (QED) is 0.667. The summed E-state index contributed by atoms with van der Waals surface area (Å²) in [6.45, 7) is 0.950. The van der Waals surface area contributed by atoms with Crippen LogP contribution in [0.5, 0.6) is 17.2 Å². The van der Waals surface area contributed by atoms with Gasteiger partial charge in [0, 0.05) is 17.9 Å². The topological polar surface area (TPSA) is 95.5 Å². The summed E-state index contributed by atoms with van der Waals surface area (Å²) < 4.78 is 16.5. The number of quaternary nitrogens is 1. The first-order chi connectivity index (χ1) is 12.9. The van der Waals surface area contributed by atoms with E-state index in [2.05, 4.69) is 0 Å². The van der Waals surface area contributed by atoms with Gasteiger partial charge < -0.3 is 30.0 Å². The van der Waals surface area contributed by atoms with E-state index in [0.717, 1.165) is 36.1 Å². The Morgan fingerprint density at radius 3 is 2.41 bits per heavy atom. The van der Waals surface area contributed by atoms with E-state index in [9.17, 15) is 9.90 Å². The van der Waals surface area contributed by atoms with Crippen LogP contribution >= 0.6 is 0 Å². The van der Waals surface area contributed by atoms with E-state index in [-0.39, 0.29) is 24.4 Å². The van der Waals surface area contributed by atoms with Gasteiger partial charge in [-0.1, -0.05) is 12.8 Å². The lowest BCUT2D eigenvalue weighted by Crippen LogP contribution is -3.16. The number of rotatable bonds is 6. The van der Waals surface area contributed by atoms with Crippen molar-refractivity contribution in [3.63, 3.8) is 0 Å². The van der Waals surface area contributed by atoms with Gasteiger partial charge in [-0.2, -0.15) is 0 Å². The van der Waals surface area contributed by atoms with Gasteiger partial charge >= 0.3 is 0 Å². The molecule has 0 radical (unpaired) electrons. The van der Waals surface area contributed by atoms with Crippen LogP contribution in [0, 0.1) is 5.92 Å². The van der Waals surface area contributed by atoms with Gasteiger partial charge in [0.15, 0.2) is 18.0 Å². The Kier molecular flexibility index (Phi) is 5.81. The number of primary amides is 1. The van der Waals surface area contributed by atoms with E-state index in [0.29, 0.717) is 30.2 Å². The third-order valence-electron chi connectivity index (χ3n) is 6.23. The van der Waals surface area contributed by atoms with Crippen molar-refractivity contribution in [1.82, 2.24) is 0 Å². The number of carbonyl (C=O) groups excluding carboxylic acids is 1. The molecular formula is C20H31N2O5+. The highest BCUT2D eigenvalue weighted by Crippen LogP contribution is 2.47. The highest BCUT2D eigenvalue weighted by Gasteiger charge is 2.52. The van der Waals surface area contributed by atoms with Crippen LogP contribution in [0.25, 0.3) is 0 Å². The van der Waals surface area contributed by atoms with Crippen LogP contribution < -0.4 is 24.8 Å². The van der Waals surface area contributed by atoms with Gasteiger partial charge in [-0.3, -0.25) is 4.79 Å². The molecule has 1 aromatic carbocycles. The molecule has 3 rings (SSSR count). The number of benzene rings is 1. The van der Waals surface area contributed by atoms with Crippen molar-refractivity contribution in [2.75, 3.05) is 34.4 Å². The predicted octanol–water partition coefficient (Wildman–Crippen LogP) is 0.449. The molecule has 2 fully saturated rings. The average Bonchev–Trinajstić information content (AvgIpc) is 2.66. The van der Waals surface area contributed by atoms with Crippen molar-refractivity contribution < 1.29 is 29.0 Å². The molecule has 1 saturated carbocycles. The van der Waals surface area contributed by atoms with Crippen molar-refractivity contribution in [3.05, 3.63) is 17.7 Å². The summed E-state index contributed by atoms with van der Waals surface area (Å²) in [5, 5.41) is 11.3. The minimum Gasteiger partial charge on any atom is -0.493 e. The Bertz CT molecular complexity index is 670. The van der Waals surface area contributed by atoms with Crippen LogP contribution in [-0.4, -0.2) is 51.0 Å². The van der Waals surface area contributed by atoms with E-state index < -0.39 is 5.60 Å². The van der Waals surface area contributed by atoms with E-state index in [1.807, 2.05) is 12.1 Å². The number of ether oxygens (including phenoxy) is 3. The van der Waals surface area contributed by atoms with Crippen LogP contribution in [0.2, 0.25) is 0 Å². The van der Waals surface area contributed by atoms with Gasteiger partial charge in [-0.15, -0.1) is 0 Å². The number of carbonyl (C=O) groups is 1. The lowest BCUT2D eigenvalue weighted by molar-refractivity contribution is -0.937. The fraction of sp³-hybridized carbons (Fsp3) is 0.650. The molecule has 4 N–H and O–H groups in total. The zero-order valence-corrected chi connectivity index (χ0v) is 16.4. The van der Waals surface area contributed by atoms with Crippen molar-refractivity contribution in [2.24, 2.45) is 11.7 Å². The molecule has 0 spiro atoms. The Morgan fingerprint density at radius 2 is 1.85 bits per heavy atom. The zero-order valence-electron chi connectivity index (χ0n) is 16.4. The molecule has 4 atom stereocenters. The summed E-state index contributed by atoms with van der Waals surface area (Å²) in [4.78, 5) is 12.8. The number of amides is 1. The molecule has 1 aliphatic heterocycles. The van der Waals surface area contributed by atoms with Gasteiger partial charge in [0.05, 0.1) is 33.5 Å². The Balaban J connectivity index is 2.09. The first-order valence-electron chi connectivity index (χ1n) is 9.58. The van der Waals surface area contributed by atoms with Gasteiger partial charge in [-0.25, -0.2) is 0 Å². The molecule has 1 aliphatic carbocycles. The van der Waals surface area contributed by atoms with Crippen LogP contribution in [0.1, 0.15) is 43.7 Å². The maximum Gasteiger partial charge on any atom is 0.272 e. The molecule has 7 heteroatoms. The number of hydrogen-bond acceptors (Lipinski definition) is 5. The molecule has 1 aromatic rings. The Morgan fingerprint density at radius 1 is 1.19 bits per heavy atom. The van der Waals surface area contributed by atoms with Crippen molar-refractivity contribution >= 4 is 5.91 Å². The zero-order chi connectivity index (χ0) is 19.6. The lowest BCUT2D eigenvalue weighted by atomic mass is 9.66. The summed E-state index contributed by atoms with van der Waals surface area (Å²) >= 11 is 0. The molecule has 0 aromatic heterocycles. The number of fused-ring (bicyclic) bond motifs is 1. The highest BCUT2D eigenvalue weighted by atomic mass is 16.5. The number of nitrogens with two attached hydrogens (primary N) is 1.